The first-order chi connectivity index (χ1) is 9.36. The molecule has 2 aliphatic rings. The van der Waals surface area contributed by atoms with Gasteiger partial charge in [0, 0.05) is 19.1 Å². The third-order valence-electron chi connectivity index (χ3n) is 4.35. The monoisotopic (exact) mass is 261 g/mol. The zero-order valence-electron chi connectivity index (χ0n) is 11.5. The highest BCUT2D eigenvalue weighted by Crippen LogP contribution is 2.23. The van der Waals surface area contributed by atoms with Gasteiger partial charge in [0.1, 0.15) is 5.82 Å². The molecule has 0 saturated carbocycles. The molecule has 0 amide bonds. The first-order valence-corrected chi connectivity index (χ1v) is 7.42. The van der Waals surface area contributed by atoms with Gasteiger partial charge in [-0.2, -0.15) is 0 Å². The Labute approximate surface area is 115 Å². The smallest absolute Gasteiger partial charge is 0.128 e. The molecular formula is C15H23N3O. The number of likely N-dealkylation sites (tertiary alicyclic amines) is 1. The lowest BCUT2D eigenvalue weighted by Crippen LogP contribution is -2.40. The maximum atomic E-state index is 9.17. The van der Waals surface area contributed by atoms with Crippen LogP contribution >= 0.6 is 0 Å². The van der Waals surface area contributed by atoms with Gasteiger partial charge in [0.2, 0.25) is 0 Å². The van der Waals surface area contributed by atoms with E-state index in [2.05, 4.69) is 20.9 Å². The zero-order chi connectivity index (χ0) is 13.1. The molecular weight excluding hydrogens is 238 g/mol. The standard InChI is InChI=1S/C15H23N3O/c19-12-13-5-4-6-15(16-13)18-10-7-14(11-18)17-8-2-1-3-9-17/h4-6,14,19H,1-3,7-12H2. The van der Waals surface area contributed by atoms with E-state index in [9.17, 15) is 5.11 Å². The Kier molecular flexibility index (Phi) is 3.99. The minimum Gasteiger partial charge on any atom is -0.390 e. The molecule has 1 aromatic heterocycles. The molecule has 2 aliphatic heterocycles. The van der Waals surface area contributed by atoms with Gasteiger partial charge in [0.15, 0.2) is 0 Å². The normalized spacial score (nSPS) is 24.9. The molecule has 3 rings (SSSR count). The van der Waals surface area contributed by atoms with Crippen molar-refractivity contribution in [2.75, 3.05) is 31.1 Å². The lowest BCUT2D eigenvalue weighted by molar-refractivity contribution is 0.175. The van der Waals surface area contributed by atoms with Gasteiger partial charge < -0.3 is 10.0 Å². The number of aliphatic hydroxyl groups excluding tert-OH is 1. The van der Waals surface area contributed by atoms with Crippen molar-refractivity contribution in [1.29, 1.82) is 0 Å². The number of aromatic nitrogens is 1. The minimum absolute atomic E-state index is 0.0250. The van der Waals surface area contributed by atoms with Gasteiger partial charge in [-0.15, -0.1) is 0 Å². The van der Waals surface area contributed by atoms with Crippen LogP contribution < -0.4 is 4.90 Å². The SMILES string of the molecule is OCc1cccc(N2CCC(N3CCCCC3)C2)n1. The Morgan fingerprint density at radius 1 is 1.16 bits per heavy atom. The van der Waals surface area contributed by atoms with E-state index in [0.29, 0.717) is 6.04 Å². The average molecular weight is 261 g/mol. The Morgan fingerprint density at radius 2 is 2.00 bits per heavy atom. The largest absolute Gasteiger partial charge is 0.390 e. The van der Waals surface area contributed by atoms with E-state index >= 15 is 0 Å². The summed E-state index contributed by atoms with van der Waals surface area (Å²) < 4.78 is 0. The van der Waals surface area contributed by atoms with Crippen LogP contribution in [0.2, 0.25) is 0 Å². The third kappa shape index (κ3) is 2.90. The van der Waals surface area contributed by atoms with Crippen molar-refractivity contribution in [2.45, 2.75) is 38.3 Å². The molecule has 104 valence electrons. The average Bonchev–Trinajstić information content (AvgIpc) is 2.98. The van der Waals surface area contributed by atoms with Crippen molar-refractivity contribution < 1.29 is 5.11 Å². The first kappa shape index (κ1) is 12.9. The van der Waals surface area contributed by atoms with E-state index in [1.54, 1.807) is 0 Å². The molecule has 1 atom stereocenters. The molecule has 1 aromatic rings. The van der Waals surface area contributed by atoms with E-state index in [0.717, 1.165) is 24.6 Å². The topological polar surface area (TPSA) is 39.6 Å². The molecule has 2 fully saturated rings. The predicted molar refractivity (Wildman–Crippen MR) is 76.2 cm³/mol. The van der Waals surface area contributed by atoms with Gasteiger partial charge in [-0.1, -0.05) is 12.5 Å². The quantitative estimate of drug-likeness (QED) is 0.898. The van der Waals surface area contributed by atoms with Crippen molar-refractivity contribution in [3.8, 4) is 0 Å². The summed E-state index contributed by atoms with van der Waals surface area (Å²) in [4.78, 5) is 9.52. The van der Waals surface area contributed by atoms with Gasteiger partial charge in [0.25, 0.3) is 0 Å². The summed E-state index contributed by atoms with van der Waals surface area (Å²) in [6.45, 7) is 4.73. The molecule has 0 aliphatic carbocycles. The van der Waals surface area contributed by atoms with E-state index < -0.39 is 0 Å². The fourth-order valence-electron chi connectivity index (χ4n) is 3.26. The van der Waals surface area contributed by atoms with Crippen LogP contribution in [-0.2, 0) is 6.61 Å². The Hall–Kier alpha value is -1.13. The number of hydrogen-bond donors (Lipinski definition) is 1. The summed E-state index contributed by atoms with van der Waals surface area (Å²) in [5.41, 5.74) is 0.763. The molecule has 0 aromatic carbocycles. The Balaban J connectivity index is 1.64. The number of rotatable bonds is 3. The summed E-state index contributed by atoms with van der Waals surface area (Å²) >= 11 is 0. The number of hydrogen-bond acceptors (Lipinski definition) is 4. The third-order valence-corrected chi connectivity index (χ3v) is 4.35. The van der Waals surface area contributed by atoms with Crippen LogP contribution in [0, 0.1) is 0 Å². The number of anilines is 1. The number of piperidine rings is 1. The molecule has 19 heavy (non-hydrogen) atoms. The van der Waals surface area contributed by atoms with Crippen LogP contribution in [0.25, 0.3) is 0 Å². The van der Waals surface area contributed by atoms with E-state index in [-0.39, 0.29) is 6.61 Å². The molecule has 4 nitrogen and oxygen atoms in total. The lowest BCUT2D eigenvalue weighted by Gasteiger charge is -2.32. The second kappa shape index (κ2) is 5.88. The maximum absolute atomic E-state index is 9.17. The molecule has 1 N–H and O–H groups in total. The summed E-state index contributed by atoms with van der Waals surface area (Å²) in [6, 6.07) is 6.61. The Morgan fingerprint density at radius 3 is 2.79 bits per heavy atom. The van der Waals surface area contributed by atoms with Crippen molar-refractivity contribution in [3.05, 3.63) is 23.9 Å². The summed E-state index contributed by atoms with van der Waals surface area (Å²) in [5.74, 6) is 1.02. The van der Waals surface area contributed by atoms with Crippen LogP contribution in [0.5, 0.6) is 0 Å². The first-order valence-electron chi connectivity index (χ1n) is 7.42. The highest BCUT2D eigenvalue weighted by atomic mass is 16.3. The molecule has 4 heteroatoms. The highest BCUT2D eigenvalue weighted by Gasteiger charge is 2.28. The molecule has 0 radical (unpaired) electrons. The van der Waals surface area contributed by atoms with Crippen LogP contribution in [0.4, 0.5) is 5.82 Å². The molecule has 0 bridgehead atoms. The van der Waals surface area contributed by atoms with Gasteiger partial charge >= 0.3 is 0 Å². The number of nitrogens with zero attached hydrogens (tertiary/aromatic N) is 3. The number of pyridine rings is 1. The van der Waals surface area contributed by atoms with Gasteiger partial charge in [-0.3, -0.25) is 4.90 Å². The predicted octanol–water partition coefficient (Wildman–Crippen LogP) is 1.64. The van der Waals surface area contributed by atoms with Crippen molar-refractivity contribution >= 4 is 5.82 Å². The second-order valence-electron chi connectivity index (χ2n) is 5.63. The van der Waals surface area contributed by atoms with E-state index in [1.165, 1.54) is 38.8 Å². The van der Waals surface area contributed by atoms with Gasteiger partial charge in [-0.05, 0) is 44.5 Å². The molecule has 3 heterocycles. The highest BCUT2D eigenvalue weighted by molar-refractivity contribution is 5.40. The van der Waals surface area contributed by atoms with Crippen molar-refractivity contribution in [1.82, 2.24) is 9.88 Å². The van der Waals surface area contributed by atoms with Gasteiger partial charge in [-0.25, -0.2) is 4.98 Å². The Bertz CT molecular complexity index is 418. The van der Waals surface area contributed by atoms with Crippen LogP contribution in [0.1, 0.15) is 31.4 Å². The second-order valence-corrected chi connectivity index (χ2v) is 5.63. The minimum atomic E-state index is 0.0250. The van der Waals surface area contributed by atoms with E-state index in [1.807, 2.05) is 12.1 Å². The maximum Gasteiger partial charge on any atom is 0.128 e. The summed E-state index contributed by atoms with van der Waals surface area (Å²) in [7, 11) is 0. The van der Waals surface area contributed by atoms with Crippen LogP contribution in [0.3, 0.4) is 0 Å². The number of aliphatic hydroxyl groups is 1. The lowest BCUT2D eigenvalue weighted by atomic mass is 10.1. The van der Waals surface area contributed by atoms with Crippen molar-refractivity contribution in [2.24, 2.45) is 0 Å². The van der Waals surface area contributed by atoms with Crippen LogP contribution in [0.15, 0.2) is 18.2 Å². The molecule has 2 saturated heterocycles. The molecule has 0 spiro atoms. The summed E-state index contributed by atoms with van der Waals surface area (Å²) in [5, 5.41) is 9.17. The van der Waals surface area contributed by atoms with Crippen LogP contribution in [-0.4, -0.2) is 47.2 Å². The van der Waals surface area contributed by atoms with Crippen molar-refractivity contribution in [3.63, 3.8) is 0 Å². The fourth-order valence-corrected chi connectivity index (χ4v) is 3.26. The molecule has 1 unspecified atom stereocenters. The fraction of sp³-hybridized carbons (Fsp3) is 0.667. The van der Waals surface area contributed by atoms with E-state index in [4.69, 9.17) is 0 Å². The summed E-state index contributed by atoms with van der Waals surface area (Å²) in [6.07, 6.45) is 5.35. The van der Waals surface area contributed by atoms with Gasteiger partial charge in [0.05, 0.1) is 12.3 Å². The zero-order valence-corrected chi connectivity index (χ0v) is 11.5.